The molecule has 0 bridgehead atoms. The van der Waals surface area contributed by atoms with Crippen LogP contribution in [0.5, 0.6) is 5.75 Å². The molecule has 0 aliphatic heterocycles. The average Bonchev–Trinajstić information content (AvgIpc) is 3.12. The van der Waals surface area contributed by atoms with Crippen molar-refractivity contribution in [2.75, 3.05) is 7.11 Å². The molecule has 7 heteroatoms. The molecule has 0 heterocycles. The third kappa shape index (κ3) is 4.16. The Morgan fingerprint density at radius 1 is 1.07 bits per heavy atom. The minimum absolute atomic E-state index is 0.291. The molecule has 2 aromatic rings. The van der Waals surface area contributed by atoms with Gasteiger partial charge in [0.15, 0.2) is 5.60 Å². The smallest absolute Gasteiger partial charge is 0.270 e. The topological polar surface area (TPSA) is 95.7 Å². The average molecular weight is 418 g/mol. The molecule has 2 atom stereocenters. The van der Waals surface area contributed by atoms with E-state index in [0.29, 0.717) is 19.3 Å². The monoisotopic (exact) mass is 417 g/mol. The van der Waals surface area contributed by atoms with E-state index in [9.17, 15) is 13.2 Å². The molecule has 0 aromatic heterocycles. The van der Waals surface area contributed by atoms with E-state index >= 15 is 0 Å². The Kier molecular flexibility index (Phi) is 6.00. The number of methoxy groups -OCH3 is 1. The Labute approximate surface area is 172 Å². The third-order valence-electron chi connectivity index (χ3n) is 5.60. The van der Waals surface area contributed by atoms with Gasteiger partial charge < -0.3 is 10.5 Å². The van der Waals surface area contributed by atoms with Crippen LogP contribution >= 0.6 is 0 Å². The van der Waals surface area contributed by atoms with Crippen LogP contribution in [0.1, 0.15) is 44.6 Å². The highest BCUT2D eigenvalue weighted by Gasteiger charge is 2.53. The van der Waals surface area contributed by atoms with Gasteiger partial charge >= 0.3 is 0 Å². The molecule has 0 saturated heterocycles. The van der Waals surface area contributed by atoms with Gasteiger partial charge in [0.1, 0.15) is 5.75 Å². The second kappa shape index (κ2) is 8.16. The van der Waals surface area contributed by atoms with Gasteiger partial charge in [-0.25, -0.2) is 0 Å². The summed E-state index contributed by atoms with van der Waals surface area (Å²) >= 11 is 0. The maximum Gasteiger partial charge on any atom is 0.270 e. The summed E-state index contributed by atoms with van der Waals surface area (Å²) in [5.41, 5.74) is 7.02. The summed E-state index contributed by atoms with van der Waals surface area (Å²) in [6, 6.07) is 15.5. The molecule has 2 unspecified atom stereocenters. The number of carbonyl (C=O) groups excluding carboxylic acids is 1. The molecule has 0 spiro atoms. The van der Waals surface area contributed by atoms with Crippen molar-refractivity contribution in [1.29, 1.82) is 0 Å². The quantitative estimate of drug-likeness (QED) is 0.695. The highest BCUT2D eigenvalue weighted by molar-refractivity contribution is 7.87. The van der Waals surface area contributed by atoms with Crippen LogP contribution < -0.4 is 10.5 Å². The zero-order chi connectivity index (χ0) is 21.2. The molecule has 156 valence electrons. The highest BCUT2D eigenvalue weighted by Crippen LogP contribution is 2.47. The first-order valence-corrected chi connectivity index (χ1v) is 11.2. The summed E-state index contributed by atoms with van der Waals surface area (Å²) in [5, 5.41) is -0.752. The molecule has 1 saturated carbocycles. The Morgan fingerprint density at radius 3 is 2.10 bits per heavy atom. The first kappa shape index (κ1) is 21.3. The number of nitrogens with two attached hydrogens (primary N) is 1. The van der Waals surface area contributed by atoms with Crippen LogP contribution in [0.25, 0.3) is 11.1 Å². The largest absolute Gasteiger partial charge is 0.497 e. The van der Waals surface area contributed by atoms with E-state index in [-0.39, 0.29) is 0 Å². The van der Waals surface area contributed by atoms with Gasteiger partial charge in [-0.2, -0.15) is 8.42 Å². The summed E-state index contributed by atoms with van der Waals surface area (Å²) in [4.78, 5) is 12.4. The fraction of sp³-hybridized carbons (Fsp3) is 0.409. The second-order valence-electron chi connectivity index (χ2n) is 7.67. The number of hydrogen-bond acceptors (Lipinski definition) is 5. The molecule has 1 fully saturated rings. The highest BCUT2D eigenvalue weighted by atomic mass is 32.2. The van der Waals surface area contributed by atoms with Gasteiger partial charge in [-0.05, 0) is 61.9 Å². The van der Waals surface area contributed by atoms with Crippen molar-refractivity contribution in [3.05, 3.63) is 54.1 Å². The van der Waals surface area contributed by atoms with Gasteiger partial charge in [-0.1, -0.05) is 36.4 Å². The van der Waals surface area contributed by atoms with Crippen LogP contribution in [0.2, 0.25) is 0 Å². The standard InChI is InChI=1S/C22H27NO5S/c1-15(2)29(25,26)28-22(21(23)24)14-4-5-20(22)18-8-6-16(7-9-18)17-10-12-19(27-3)13-11-17/h6-13,15,20H,4-5,14H2,1-3H3,(H2,23,24). The van der Waals surface area contributed by atoms with E-state index in [1.807, 2.05) is 48.5 Å². The predicted octanol–water partition coefficient (Wildman–Crippen LogP) is 3.61. The number of rotatable bonds is 7. The lowest BCUT2D eigenvalue weighted by Gasteiger charge is -2.32. The Balaban J connectivity index is 1.92. The van der Waals surface area contributed by atoms with Crippen LogP contribution in [0, 0.1) is 0 Å². The number of primary amides is 1. The predicted molar refractivity (Wildman–Crippen MR) is 112 cm³/mol. The van der Waals surface area contributed by atoms with Gasteiger partial charge in [0.25, 0.3) is 16.0 Å². The minimum Gasteiger partial charge on any atom is -0.497 e. The number of carbonyl (C=O) groups is 1. The van der Waals surface area contributed by atoms with Crippen molar-refractivity contribution in [2.24, 2.45) is 5.73 Å². The van der Waals surface area contributed by atoms with Gasteiger partial charge in [0.05, 0.1) is 12.4 Å². The molecular weight excluding hydrogens is 390 g/mol. The third-order valence-corrected chi connectivity index (χ3v) is 7.28. The lowest BCUT2D eigenvalue weighted by Crippen LogP contribution is -2.50. The second-order valence-corrected chi connectivity index (χ2v) is 9.77. The molecule has 2 aromatic carbocycles. The van der Waals surface area contributed by atoms with Crippen molar-refractivity contribution in [2.45, 2.75) is 49.9 Å². The lowest BCUT2D eigenvalue weighted by molar-refractivity contribution is -0.134. The normalized spacial score (nSPS) is 22.0. The van der Waals surface area contributed by atoms with Crippen molar-refractivity contribution in [1.82, 2.24) is 0 Å². The fourth-order valence-electron chi connectivity index (χ4n) is 3.84. The van der Waals surface area contributed by atoms with Crippen molar-refractivity contribution in [3.8, 4) is 16.9 Å². The van der Waals surface area contributed by atoms with E-state index in [2.05, 4.69) is 0 Å². The molecule has 1 aliphatic carbocycles. The molecule has 6 nitrogen and oxygen atoms in total. The number of amides is 1. The van der Waals surface area contributed by atoms with Crippen LogP contribution in [-0.4, -0.2) is 32.3 Å². The SMILES string of the molecule is COc1ccc(-c2ccc(C3CCCC3(OS(=O)(=O)C(C)C)C(N)=O)cc2)cc1. The molecule has 1 aliphatic rings. The maximum absolute atomic E-state index is 12.4. The number of hydrogen-bond donors (Lipinski definition) is 1. The summed E-state index contributed by atoms with van der Waals surface area (Å²) in [6.07, 6.45) is 1.60. The summed E-state index contributed by atoms with van der Waals surface area (Å²) < 4.78 is 35.5. The van der Waals surface area contributed by atoms with Crippen molar-refractivity contribution >= 4 is 16.0 Å². The van der Waals surface area contributed by atoms with E-state index in [0.717, 1.165) is 22.4 Å². The fourth-order valence-corrected chi connectivity index (χ4v) is 4.73. The summed E-state index contributed by atoms with van der Waals surface area (Å²) in [7, 11) is -2.27. The van der Waals surface area contributed by atoms with E-state index in [1.165, 1.54) is 13.8 Å². The Bertz CT molecular complexity index is 967. The molecule has 2 N–H and O–H groups in total. The van der Waals surface area contributed by atoms with Gasteiger partial charge in [-0.3, -0.25) is 8.98 Å². The summed E-state index contributed by atoms with van der Waals surface area (Å²) in [6.45, 7) is 3.05. The zero-order valence-electron chi connectivity index (χ0n) is 16.9. The van der Waals surface area contributed by atoms with E-state index < -0.39 is 32.8 Å². The van der Waals surface area contributed by atoms with Gasteiger partial charge in [0.2, 0.25) is 0 Å². The number of ether oxygens (including phenoxy) is 1. The van der Waals surface area contributed by atoms with Crippen molar-refractivity contribution < 1.29 is 22.1 Å². The molecular formula is C22H27NO5S. The zero-order valence-corrected chi connectivity index (χ0v) is 17.7. The van der Waals surface area contributed by atoms with Gasteiger partial charge in [0, 0.05) is 5.92 Å². The van der Waals surface area contributed by atoms with E-state index in [4.69, 9.17) is 14.7 Å². The first-order valence-electron chi connectivity index (χ1n) is 9.68. The molecule has 1 amide bonds. The molecule has 0 radical (unpaired) electrons. The van der Waals surface area contributed by atoms with Crippen molar-refractivity contribution in [3.63, 3.8) is 0 Å². The van der Waals surface area contributed by atoms with Crippen LogP contribution in [0.15, 0.2) is 48.5 Å². The molecule has 29 heavy (non-hydrogen) atoms. The lowest BCUT2D eigenvalue weighted by atomic mass is 9.84. The van der Waals surface area contributed by atoms with Crippen LogP contribution in [0.3, 0.4) is 0 Å². The Morgan fingerprint density at radius 2 is 1.62 bits per heavy atom. The summed E-state index contributed by atoms with van der Waals surface area (Å²) in [5.74, 6) is -0.354. The minimum atomic E-state index is -3.90. The first-order chi connectivity index (χ1) is 13.7. The van der Waals surface area contributed by atoms with E-state index in [1.54, 1.807) is 7.11 Å². The van der Waals surface area contributed by atoms with Crippen LogP contribution in [-0.2, 0) is 19.1 Å². The van der Waals surface area contributed by atoms with Crippen LogP contribution in [0.4, 0.5) is 0 Å². The maximum atomic E-state index is 12.4. The van der Waals surface area contributed by atoms with Gasteiger partial charge in [-0.15, -0.1) is 0 Å². The molecule has 3 rings (SSSR count). The Hall–Kier alpha value is -2.38. The number of benzene rings is 2.